The van der Waals surface area contributed by atoms with Gasteiger partial charge in [-0.2, -0.15) is 10.2 Å². The van der Waals surface area contributed by atoms with Gasteiger partial charge in [0.2, 0.25) is 5.95 Å². The summed E-state index contributed by atoms with van der Waals surface area (Å²) in [5.41, 5.74) is 1.29. The number of nitrogens with zero attached hydrogens (tertiary/aromatic N) is 6. The number of hydrogen-bond acceptors (Lipinski definition) is 9. The first kappa shape index (κ1) is 21.6. The molecule has 0 radical (unpaired) electrons. The fraction of sp³-hybridized carbons (Fsp3) is 0.545. The Bertz CT molecular complexity index is 1190. The molecular weight excluding hydrogens is 426 g/mol. The number of nitrogens with one attached hydrogen (secondary N) is 1. The molecule has 2 aliphatic rings. The van der Waals surface area contributed by atoms with E-state index in [-0.39, 0.29) is 12.0 Å². The summed E-state index contributed by atoms with van der Waals surface area (Å²) < 4.78 is 26.5. The van der Waals surface area contributed by atoms with Crippen molar-refractivity contribution in [3.05, 3.63) is 24.2 Å². The maximum absolute atomic E-state index is 9.69. The third kappa shape index (κ3) is 4.01. The minimum absolute atomic E-state index is 0.0495. The molecule has 33 heavy (non-hydrogen) atoms. The van der Waals surface area contributed by atoms with Crippen LogP contribution in [0.1, 0.15) is 25.1 Å². The van der Waals surface area contributed by atoms with E-state index >= 15 is 0 Å². The molecule has 1 N–H and O–H groups in total. The molecule has 1 unspecified atom stereocenters. The quantitative estimate of drug-likeness (QED) is 0.573. The number of hydrogen-bond donors (Lipinski definition) is 1. The van der Waals surface area contributed by atoms with Gasteiger partial charge in [-0.3, -0.25) is 4.68 Å². The van der Waals surface area contributed by atoms with Gasteiger partial charge in [0.25, 0.3) is 5.88 Å². The second-order valence-corrected chi connectivity index (χ2v) is 8.73. The third-order valence-corrected chi connectivity index (χ3v) is 6.18. The summed E-state index contributed by atoms with van der Waals surface area (Å²) in [6.45, 7) is 4.78. The Kier molecular flexibility index (Phi) is 5.65. The van der Waals surface area contributed by atoms with Crippen LogP contribution in [0, 0.1) is 17.2 Å². The second kappa shape index (κ2) is 8.62. The number of nitriles is 1. The largest absolute Gasteiger partial charge is 0.463 e. The lowest BCUT2D eigenvalue weighted by molar-refractivity contribution is -0.0182. The first-order valence-corrected chi connectivity index (χ1v) is 10.9. The first-order valence-electron chi connectivity index (χ1n) is 10.9. The molecule has 3 aromatic rings. The van der Waals surface area contributed by atoms with Gasteiger partial charge in [-0.15, -0.1) is 5.10 Å². The lowest BCUT2D eigenvalue weighted by Gasteiger charge is -2.27. The number of anilines is 2. The Hall–Kier alpha value is -3.20. The lowest BCUT2D eigenvalue weighted by atomic mass is 10.1. The highest BCUT2D eigenvalue weighted by Crippen LogP contribution is 2.34. The molecular formula is C22H27N7O4. The second-order valence-electron chi connectivity index (χ2n) is 8.73. The van der Waals surface area contributed by atoms with E-state index in [1.165, 1.54) is 0 Å². The van der Waals surface area contributed by atoms with Crippen molar-refractivity contribution in [2.45, 2.75) is 25.0 Å². The van der Waals surface area contributed by atoms with Gasteiger partial charge in [0.05, 0.1) is 45.3 Å². The molecule has 0 aromatic carbocycles. The Morgan fingerprint density at radius 2 is 2.24 bits per heavy atom. The Balaban J connectivity index is 1.47. The van der Waals surface area contributed by atoms with Crippen LogP contribution in [0.5, 0.6) is 5.88 Å². The van der Waals surface area contributed by atoms with Crippen molar-refractivity contribution in [3.63, 3.8) is 0 Å². The van der Waals surface area contributed by atoms with E-state index in [2.05, 4.69) is 28.4 Å². The van der Waals surface area contributed by atoms with E-state index < -0.39 is 5.60 Å². The number of aromatic nitrogens is 5. The molecule has 2 saturated heterocycles. The fourth-order valence-corrected chi connectivity index (χ4v) is 4.50. The molecule has 0 saturated carbocycles. The zero-order valence-corrected chi connectivity index (χ0v) is 18.9. The van der Waals surface area contributed by atoms with E-state index in [1.807, 2.05) is 23.9 Å². The average Bonchev–Trinajstić information content (AvgIpc) is 3.56. The van der Waals surface area contributed by atoms with Crippen molar-refractivity contribution in [1.29, 1.82) is 5.26 Å². The summed E-state index contributed by atoms with van der Waals surface area (Å²) in [7, 11) is 3.47. The molecule has 11 heteroatoms. The summed E-state index contributed by atoms with van der Waals surface area (Å²) in [6.07, 6.45) is 4.24. The predicted octanol–water partition coefficient (Wildman–Crippen LogP) is 2.17. The summed E-state index contributed by atoms with van der Waals surface area (Å²) in [6, 6.07) is 4.15. The Labute approximate surface area is 191 Å². The average molecular weight is 454 g/mol. The molecule has 3 atom stereocenters. The van der Waals surface area contributed by atoms with E-state index in [1.54, 1.807) is 18.0 Å². The first-order chi connectivity index (χ1) is 16.0. The molecule has 5 rings (SSSR count). The van der Waals surface area contributed by atoms with Crippen LogP contribution < -0.4 is 10.1 Å². The summed E-state index contributed by atoms with van der Waals surface area (Å²) in [4.78, 5) is 9.20. The number of aryl methyl sites for hydroxylation is 1. The zero-order chi connectivity index (χ0) is 23.0. The molecule has 2 fully saturated rings. The smallest absolute Gasteiger partial charge is 0.257 e. The maximum Gasteiger partial charge on any atom is 0.257 e. The lowest BCUT2D eigenvalue weighted by Crippen LogP contribution is -2.41. The van der Waals surface area contributed by atoms with Crippen LogP contribution in [0.25, 0.3) is 11.0 Å². The number of fused-ring (bicyclic) bond motifs is 1. The van der Waals surface area contributed by atoms with Gasteiger partial charge < -0.3 is 28.8 Å². The van der Waals surface area contributed by atoms with Crippen molar-refractivity contribution in [2.75, 3.05) is 45.5 Å². The molecule has 11 nitrogen and oxygen atoms in total. The molecule has 0 bridgehead atoms. The van der Waals surface area contributed by atoms with Gasteiger partial charge in [-0.25, -0.2) is 4.98 Å². The van der Waals surface area contributed by atoms with Crippen LogP contribution in [0.2, 0.25) is 0 Å². The molecule has 3 aromatic heterocycles. The molecule has 0 spiro atoms. The van der Waals surface area contributed by atoms with Gasteiger partial charge in [-0.1, -0.05) is 6.92 Å². The highest BCUT2D eigenvalue weighted by molar-refractivity contribution is 5.79. The van der Waals surface area contributed by atoms with Crippen molar-refractivity contribution < 1.29 is 18.9 Å². The maximum atomic E-state index is 9.69. The number of rotatable bonds is 7. The normalized spacial score (nSPS) is 24.9. The van der Waals surface area contributed by atoms with Crippen LogP contribution in [0.4, 0.5) is 11.6 Å². The van der Waals surface area contributed by atoms with E-state index in [4.69, 9.17) is 23.9 Å². The SMILES string of the molecule is COC[C@]1(Oc2nn(C)cc2Nc2ncc3cc(C#N)n(C4COC[C@@H]4C)c3n2)CCOC1. The van der Waals surface area contributed by atoms with Gasteiger partial charge in [-0.05, 0) is 6.07 Å². The van der Waals surface area contributed by atoms with Crippen molar-refractivity contribution in [1.82, 2.24) is 24.3 Å². The fourth-order valence-electron chi connectivity index (χ4n) is 4.50. The van der Waals surface area contributed by atoms with Gasteiger partial charge >= 0.3 is 0 Å². The molecule has 2 aliphatic heterocycles. The number of ether oxygens (including phenoxy) is 4. The van der Waals surface area contributed by atoms with E-state index in [0.29, 0.717) is 68.3 Å². The minimum atomic E-state index is -0.584. The van der Waals surface area contributed by atoms with Crippen LogP contribution in [0.3, 0.4) is 0 Å². The van der Waals surface area contributed by atoms with Crippen LogP contribution in [-0.4, -0.2) is 70.1 Å². The summed E-state index contributed by atoms with van der Waals surface area (Å²) in [5, 5.41) is 18.2. The summed E-state index contributed by atoms with van der Waals surface area (Å²) >= 11 is 0. The third-order valence-electron chi connectivity index (χ3n) is 6.18. The van der Waals surface area contributed by atoms with E-state index in [0.717, 1.165) is 5.39 Å². The van der Waals surface area contributed by atoms with Gasteiger partial charge in [0.15, 0.2) is 5.60 Å². The molecule has 0 aliphatic carbocycles. The molecule has 0 amide bonds. The van der Waals surface area contributed by atoms with Crippen LogP contribution in [-0.2, 0) is 21.3 Å². The Morgan fingerprint density at radius 3 is 2.94 bits per heavy atom. The topological polar surface area (TPSA) is 121 Å². The summed E-state index contributed by atoms with van der Waals surface area (Å²) in [5.74, 6) is 1.09. The monoisotopic (exact) mass is 453 g/mol. The van der Waals surface area contributed by atoms with Gasteiger partial charge in [0.1, 0.15) is 23.1 Å². The van der Waals surface area contributed by atoms with Crippen molar-refractivity contribution >= 4 is 22.7 Å². The van der Waals surface area contributed by atoms with Crippen LogP contribution in [0.15, 0.2) is 18.5 Å². The van der Waals surface area contributed by atoms with Crippen LogP contribution >= 0.6 is 0 Å². The Morgan fingerprint density at radius 1 is 1.36 bits per heavy atom. The predicted molar refractivity (Wildman–Crippen MR) is 118 cm³/mol. The van der Waals surface area contributed by atoms with Crippen molar-refractivity contribution in [2.24, 2.45) is 13.0 Å². The standard InChI is InChI=1S/C22H27N7O4/c1-14-10-32-11-18(14)29-16(7-23)6-15-8-24-21(26-19(15)29)25-17-9-28(2)27-20(17)33-22(12-30-3)4-5-31-13-22/h6,8-9,14,18H,4-5,10-13H2,1-3H3,(H,24,25,26)/t14-,18?,22+/m0/s1. The van der Waals surface area contributed by atoms with Gasteiger partial charge in [0, 0.05) is 38.1 Å². The number of methoxy groups -OCH3 is 1. The molecule has 174 valence electrons. The highest BCUT2D eigenvalue weighted by Gasteiger charge is 2.39. The zero-order valence-electron chi connectivity index (χ0n) is 18.9. The van der Waals surface area contributed by atoms with Crippen molar-refractivity contribution in [3.8, 4) is 11.9 Å². The van der Waals surface area contributed by atoms with E-state index in [9.17, 15) is 5.26 Å². The minimum Gasteiger partial charge on any atom is -0.463 e. The molecule has 5 heterocycles. The highest BCUT2D eigenvalue weighted by atomic mass is 16.6.